The summed E-state index contributed by atoms with van der Waals surface area (Å²) in [5, 5.41) is 4.35. The van der Waals surface area contributed by atoms with Crippen LogP contribution in [0, 0.1) is 11.8 Å². The van der Waals surface area contributed by atoms with Crippen LogP contribution < -0.4 is 5.56 Å². The van der Waals surface area contributed by atoms with Gasteiger partial charge in [-0.05, 0) is 62.2 Å². The lowest BCUT2D eigenvalue weighted by atomic mass is 9.94. The number of hydrogen-bond donors (Lipinski definition) is 0. The molecule has 0 saturated carbocycles. The first-order valence-corrected chi connectivity index (χ1v) is 10.2. The molecule has 0 amide bonds. The van der Waals surface area contributed by atoms with Crippen molar-refractivity contribution >= 4 is 0 Å². The summed E-state index contributed by atoms with van der Waals surface area (Å²) < 4.78 is 7.14. The van der Waals surface area contributed by atoms with Gasteiger partial charge in [0, 0.05) is 32.5 Å². The Labute approximate surface area is 161 Å². The first kappa shape index (κ1) is 18.4. The van der Waals surface area contributed by atoms with Crippen molar-refractivity contribution in [2.75, 3.05) is 32.8 Å². The van der Waals surface area contributed by atoms with E-state index in [4.69, 9.17) is 4.74 Å². The van der Waals surface area contributed by atoms with Crippen molar-refractivity contribution in [2.45, 2.75) is 32.2 Å². The van der Waals surface area contributed by atoms with Gasteiger partial charge in [-0.3, -0.25) is 4.79 Å². The van der Waals surface area contributed by atoms with E-state index in [1.807, 2.05) is 36.4 Å². The Morgan fingerprint density at radius 1 is 0.926 bits per heavy atom. The molecule has 0 atom stereocenters. The van der Waals surface area contributed by atoms with Crippen molar-refractivity contribution in [3.8, 4) is 11.1 Å². The monoisotopic (exact) mass is 367 g/mol. The lowest BCUT2D eigenvalue weighted by molar-refractivity contribution is 0.0459. The van der Waals surface area contributed by atoms with E-state index in [1.165, 1.54) is 19.4 Å². The predicted octanol–water partition coefficient (Wildman–Crippen LogP) is 3.05. The molecule has 4 rings (SSSR count). The van der Waals surface area contributed by atoms with Crippen molar-refractivity contribution in [1.82, 2.24) is 14.7 Å². The maximum Gasteiger partial charge on any atom is 0.274 e. The Morgan fingerprint density at radius 2 is 1.63 bits per heavy atom. The lowest BCUT2D eigenvalue weighted by Crippen LogP contribution is -2.40. The Bertz CT molecular complexity index is 776. The topological polar surface area (TPSA) is 47.4 Å². The molecule has 0 unspecified atom stereocenters. The van der Waals surface area contributed by atoms with E-state index in [0.29, 0.717) is 5.92 Å². The van der Waals surface area contributed by atoms with Crippen LogP contribution in [0.2, 0.25) is 0 Å². The zero-order chi connectivity index (χ0) is 18.5. The van der Waals surface area contributed by atoms with Gasteiger partial charge in [0.1, 0.15) is 0 Å². The Hall–Kier alpha value is -1.98. The van der Waals surface area contributed by atoms with E-state index in [0.717, 1.165) is 62.7 Å². The van der Waals surface area contributed by atoms with Gasteiger partial charge in [0.2, 0.25) is 0 Å². The van der Waals surface area contributed by atoms with Crippen LogP contribution in [0.5, 0.6) is 0 Å². The number of rotatable bonds is 5. The van der Waals surface area contributed by atoms with E-state index in [9.17, 15) is 4.79 Å². The second kappa shape index (κ2) is 8.81. The van der Waals surface area contributed by atoms with Crippen molar-refractivity contribution in [3.63, 3.8) is 0 Å². The Morgan fingerprint density at radius 3 is 2.37 bits per heavy atom. The van der Waals surface area contributed by atoms with Crippen LogP contribution in [0.4, 0.5) is 0 Å². The number of piperidine rings is 1. The third-order valence-corrected chi connectivity index (χ3v) is 5.99. The molecule has 5 nitrogen and oxygen atoms in total. The summed E-state index contributed by atoms with van der Waals surface area (Å²) in [5.41, 5.74) is 1.72. The molecule has 2 saturated heterocycles. The molecule has 0 aliphatic carbocycles. The molecule has 0 N–H and O–H groups in total. The molecule has 2 aliphatic rings. The van der Waals surface area contributed by atoms with Crippen molar-refractivity contribution in [1.29, 1.82) is 0 Å². The molecule has 1 aromatic carbocycles. The highest BCUT2D eigenvalue weighted by Crippen LogP contribution is 2.22. The van der Waals surface area contributed by atoms with Crippen LogP contribution in [-0.4, -0.2) is 47.5 Å². The summed E-state index contributed by atoms with van der Waals surface area (Å²) in [6.45, 7) is 6.05. The summed E-state index contributed by atoms with van der Waals surface area (Å²) >= 11 is 0. The van der Waals surface area contributed by atoms with Crippen molar-refractivity contribution in [2.24, 2.45) is 11.8 Å². The highest BCUT2D eigenvalue weighted by Gasteiger charge is 2.23. The fourth-order valence-corrected chi connectivity index (χ4v) is 4.31. The molecule has 2 aromatic rings. The standard InChI is InChI=1S/C22H29N3O2/c26-22-21(20-4-2-1-3-5-20)6-11-23-25(22)17-18-7-12-24(13-8-18)16-19-9-14-27-15-10-19/h1-6,11,18-19H,7-10,12-17H2. The smallest absolute Gasteiger partial charge is 0.274 e. The average molecular weight is 367 g/mol. The van der Waals surface area contributed by atoms with Crippen LogP contribution in [0.3, 0.4) is 0 Å². The third kappa shape index (κ3) is 4.66. The van der Waals surface area contributed by atoms with Crippen molar-refractivity contribution in [3.05, 3.63) is 52.9 Å². The van der Waals surface area contributed by atoms with Crippen LogP contribution in [0.25, 0.3) is 11.1 Å². The zero-order valence-corrected chi connectivity index (χ0v) is 15.9. The second-order valence-electron chi connectivity index (χ2n) is 7.90. The quantitative estimate of drug-likeness (QED) is 0.815. The first-order valence-electron chi connectivity index (χ1n) is 10.2. The van der Waals surface area contributed by atoms with E-state index >= 15 is 0 Å². The number of likely N-dealkylation sites (tertiary alicyclic amines) is 1. The van der Waals surface area contributed by atoms with Gasteiger partial charge in [0.05, 0.1) is 5.56 Å². The fraction of sp³-hybridized carbons (Fsp3) is 0.545. The molecule has 2 fully saturated rings. The van der Waals surface area contributed by atoms with Gasteiger partial charge in [-0.25, -0.2) is 4.68 Å². The summed E-state index contributed by atoms with van der Waals surface area (Å²) in [4.78, 5) is 15.4. The number of ether oxygens (including phenoxy) is 1. The van der Waals surface area contributed by atoms with Gasteiger partial charge in [0.15, 0.2) is 0 Å². The molecule has 2 aliphatic heterocycles. The normalized spacial score (nSPS) is 20.0. The highest BCUT2D eigenvalue weighted by molar-refractivity contribution is 5.61. The third-order valence-electron chi connectivity index (χ3n) is 5.99. The van der Waals surface area contributed by atoms with Gasteiger partial charge in [-0.15, -0.1) is 0 Å². The molecular weight excluding hydrogens is 338 g/mol. The number of aromatic nitrogens is 2. The minimum absolute atomic E-state index is 0.0216. The predicted molar refractivity (Wildman–Crippen MR) is 107 cm³/mol. The molecular formula is C22H29N3O2. The molecule has 0 radical (unpaired) electrons. The maximum atomic E-state index is 12.8. The van der Waals surface area contributed by atoms with Gasteiger partial charge in [0.25, 0.3) is 5.56 Å². The number of hydrogen-bond acceptors (Lipinski definition) is 4. The van der Waals surface area contributed by atoms with E-state index in [2.05, 4.69) is 10.00 Å². The van der Waals surface area contributed by atoms with Crippen molar-refractivity contribution < 1.29 is 4.74 Å². The van der Waals surface area contributed by atoms with E-state index in [-0.39, 0.29) is 5.56 Å². The van der Waals surface area contributed by atoms with E-state index in [1.54, 1.807) is 10.9 Å². The minimum Gasteiger partial charge on any atom is -0.381 e. The molecule has 27 heavy (non-hydrogen) atoms. The average Bonchev–Trinajstić information content (AvgIpc) is 2.72. The lowest BCUT2D eigenvalue weighted by Gasteiger charge is -2.35. The summed E-state index contributed by atoms with van der Waals surface area (Å²) in [6, 6.07) is 11.7. The van der Waals surface area contributed by atoms with E-state index < -0.39 is 0 Å². The fourth-order valence-electron chi connectivity index (χ4n) is 4.31. The maximum absolute atomic E-state index is 12.8. The van der Waals surface area contributed by atoms with Gasteiger partial charge in [-0.2, -0.15) is 5.10 Å². The largest absolute Gasteiger partial charge is 0.381 e. The molecule has 5 heteroatoms. The molecule has 3 heterocycles. The molecule has 1 aromatic heterocycles. The SMILES string of the molecule is O=c1c(-c2ccccc2)ccnn1CC1CCN(CC2CCOCC2)CC1. The van der Waals surface area contributed by atoms with Crippen LogP contribution in [0.15, 0.2) is 47.4 Å². The van der Waals surface area contributed by atoms with Crippen LogP contribution in [0.1, 0.15) is 25.7 Å². The minimum atomic E-state index is 0.0216. The molecule has 0 spiro atoms. The zero-order valence-electron chi connectivity index (χ0n) is 15.9. The van der Waals surface area contributed by atoms with Gasteiger partial charge >= 0.3 is 0 Å². The Kier molecular flexibility index (Phi) is 6.00. The Balaban J connectivity index is 1.35. The second-order valence-corrected chi connectivity index (χ2v) is 7.90. The first-order chi connectivity index (χ1) is 13.3. The van der Waals surface area contributed by atoms with Gasteiger partial charge in [-0.1, -0.05) is 30.3 Å². The summed E-state index contributed by atoms with van der Waals surface area (Å²) in [5.74, 6) is 1.33. The molecule has 144 valence electrons. The van der Waals surface area contributed by atoms with Gasteiger partial charge < -0.3 is 9.64 Å². The summed E-state index contributed by atoms with van der Waals surface area (Å²) in [7, 11) is 0. The van der Waals surface area contributed by atoms with Crippen LogP contribution in [-0.2, 0) is 11.3 Å². The summed E-state index contributed by atoms with van der Waals surface area (Å²) in [6.07, 6.45) is 6.45. The highest BCUT2D eigenvalue weighted by atomic mass is 16.5. The molecule has 0 bridgehead atoms. The number of nitrogens with zero attached hydrogens (tertiary/aromatic N) is 3. The van der Waals surface area contributed by atoms with Crippen LogP contribution >= 0.6 is 0 Å². The number of benzene rings is 1.